The van der Waals surface area contributed by atoms with E-state index in [1.165, 1.54) is 22.3 Å². The molecule has 1 N–H and O–H groups in total. The maximum Gasteiger partial charge on any atom is 0.0886 e. The summed E-state index contributed by atoms with van der Waals surface area (Å²) in [6.07, 6.45) is -0.255. The molecule has 70 valence electrons. The Morgan fingerprint density at radius 2 is 2.15 bits per heavy atom. The van der Waals surface area contributed by atoms with Crippen LogP contribution in [0.25, 0.3) is 0 Å². The van der Waals surface area contributed by atoms with E-state index in [0.29, 0.717) is 0 Å². The first-order valence-corrected chi connectivity index (χ1v) is 5.70. The summed E-state index contributed by atoms with van der Waals surface area (Å²) in [5.74, 6) is 1.89. The van der Waals surface area contributed by atoms with Crippen LogP contribution in [0, 0.1) is 13.8 Å². The van der Waals surface area contributed by atoms with Gasteiger partial charge in [-0.1, -0.05) is 17.7 Å². The fourth-order valence-corrected chi connectivity index (χ4v) is 2.99. The van der Waals surface area contributed by atoms with Gasteiger partial charge in [0.2, 0.25) is 0 Å². The highest BCUT2D eigenvalue weighted by Gasteiger charge is 2.20. The number of rotatable bonds is 0. The molecule has 1 aliphatic rings. The molecule has 0 fully saturated rings. The second-order valence-electron chi connectivity index (χ2n) is 3.69. The Hall–Kier alpha value is -0.470. The molecule has 0 aliphatic carbocycles. The second kappa shape index (κ2) is 3.35. The van der Waals surface area contributed by atoms with E-state index in [1.807, 2.05) is 11.8 Å². The number of benzene rings is 1. The van der Waals surface area contributed by atoms with Crippen molar-refractivity contribution in [2.75, 3.05) is 5.75 Å². The average molecular weight is 194 g/mol. The van der Waals surface area contributed by atoms with Crippen molar-refractivity contribution in [2.45, 2.75) is 25.7 Å². The zero-order valence-electron chi connectivity index (χ0n) is 8.00. The highest BCUT2D eigenvalue weighted by molar-refractivity contribution is 7.98. The molecule has 0 radical (unpaired) electrons. The number of aliphatic hydroxyl groups excluding tert-OH is 1. The number of aliphatic hydroxyl groups is 1. The molecule has 1 aromatic rings. The molecule has 0 amide bonds. The van der Waals surface area contributed by atoms with E-state index < -0.39 is 0 Å². The van der Waals surface area contributed by atoms with E-state index in [2.05, 4.69) is 26.0 Å². The van der Waals surface area contributed by atoms with Crippen LogP contribution in [0.3, 0.4) is 0 Å². The Kier molecular flexibility index (Phi) is 2.35. The van der Waals surface area contributed by atoms with Gasteiger partial charge in [0.25, 0.3) is 0 Å². The molecule has 1 atom stereocenters. The van der Waals surface area contributed by atoms with Crippen LogP contribution < -0.4 is 0 Å². The molecule has 0 saturated carbocycles. The van der Waals surface area contributed by atoms with Gasteiger partial charge in [-0.15, -0.1) is 0 Å². The van der Waals surface area contributed by atoms with Gasteiger partial charge in [0.1, 0.15) is 0 Å². The molecule has 1 nitrogen and oxygen atoms in total. The Morgan fingerprint density at radius 1 is 1.38 bits per heavy atom. The van der Waals surface area contributed by atoms with E-state index in [0.717, 1.165) is 11.5 Å². The minimum atomic E-state index is -0.255. The third kappa shape index (κ3) is 1.61. The minimum Gasteiger partial charge on any atom is -0.388 e. The first-order chi connectivity index (χ1) is 6.18. The van der Waals surface area contributed by atoms with Gasteiger partial charge in [-0.05, 0) is 30.5 Å². The van der Waals surface area contributed by atoms with Gasteiger partial charge in [0, 0.05) is 11.5 Å². The monoisotopic (exact) mass is 194 g/mol. The zero-order valence-corrected chi connectivity index (χ0v) is 8.82. The molecule has 1 aromatic carbocycles. The van der Waals surface area contributed by atoms with Crippen molar-refractivity contribution in [2.24, 2.45) is 0 Å². The lowest BCUT2D eigenvalue weighted by Crippen LogP contribution is -2.12. The summed E-state index contributed by atoms with van der Waals surface area (Å²) in [6, 6.07) is 4.34. The molecule has 2 heteroatoms. The van der Waals surface area contributed by atoms with E-state index in [9.17, 15) is 5.11 Å². The Bertz CT molecular complexity index is 333. The van der Waals surface area contributed by atoms with Crippen LogP contribution in [0.1, 0.15) is 28.4 Å². The van der Waals surface area contributed by atoms with Gasteiger partial charge in [-0.25, -0.2) is 0 Å². The van der Waals surface area contributed by atoms with Crippen LogP contribution >= 0.6 is 11.8 Å². The largest absolute Gasteiger partial charge is 0.388 e. The molecule has 1 aliphatic heterocycles. The van der Waals surface area contributed by atoms with Crippen molar-refractivity contribution in [3.63, 3.8) is 0 Å². The van der Waals surface area contributed by atoms with Gasteiger partial charge in [-0.2, -0.15) is 11.8 Å². The number of hydrogen-bond donors (Lipinski definition) is 1. The highest BCUT2D eigenvalue weighted by atomic mass is 32.2. The smallest absolute Gasteiger partial charge is 0.0886 e. The molecule has 13 heavy (non-hydrogen) atoms. The summed E-state index contributed by atoms with van der Waals surface area (Å²) in [4.78, 5) is 0. The molecule has 0 bridgehead atoms. The third-order valence-electron chi connectivity index (χ3n) is 2.48. The van der Waals surface area contributed by atoms with E-state index in [-0.39, 0.29) is 6.10 Å². The van der Waals surface area contributed by atoms with Gasteiger partial charge in [0.15, 0.2) is 0 Å². The average Bonchev–Trinajstić information content (AvgIpc) is 2.02. The summed E-state index contributed by atoms with van der Waals surface area (Å²) in [6.45, 7) is 4.20. The molecule has 0 unspecified atom stereocenters. The first kappa shape index (κ1) is 9.10. The van der Waals surface area contributed by atoms with E-state index in [4.69, 9.17) is 0 Å². The number of fused-ring (bicyclic) bond motifs is 1. The van der Waals surface area contributed by atoms with Crippen LogP contribution in [0.5, 0.6) is 0 Å². The van der Waals surface area contributed by atoms with Gasteiger partial charge < -0.3 is 5.11 Å². The summed E-state index contributed by atoms with van der Waals surface area (Å²) in [7, 11) is 0. The maximum atomic E-state index is 9.81. The van der Waals surface area contributed by atoms with Crippen molar-refractivity contribution < 1.29 is 5.11 Å². The minimum absolute atomic E-state index is 0.255. The van der Waals surface area contributed by atoms with Crippen LogP contribution in [0.2, 0.25) is 0 Å². The lowest BCUT2D eigenvalue weighted by molar-refractivity contribution is 0.201. The highest BCUT2D eigenvalue weighted by Crippen LogP contribution is 2.34. The SMILES string of the molecule is Cc1cc(C)c2c(c1)CSC[C@@H]2O. The molecule has 2 rings (SSSR count). The van der Waals surface area contributed by atoms with Crippen molar-refractivity contribution in [3.05, 3.63) is 34.4 Å². The number of hydrogen-bond acceptors (Lipinski definition) is 2. The lowest BCUT2D eigenvalue weighted by Gasteiger charge is -2.23. The molecule has 0 saturated heterocycles. The topological polar surface area (TPSA) is 20.2 Å². The van der Waals surface area contributed by atoms with Gasteiger partial charge >= 0.3 is 0 Å². The van der Waals surface area contributed by atoms with Crippen LogP contribution in [-0.4, -0.2) is 10.9 Å². The second-order valence-corrected chi connectivity index (χ2v) is 4.72. The van der Waals surface area contributed by atoms with Crippen molar-refractivity contribution in [3.8, 4) is 0 Å². The zero-order chi connectivity index (χ0) is 9.42. The third-order valence-corrected chi connectivity index (χ3v) is 3.55. The van der Waals surface area contributed by atoms with Gasteiger partial charge in [0.05, 0.1) is 6.10 Å². The fraction of sp³-hybridized carbons (Fsp3) is 0.455. The number of thioether (sulfide) groups is 1. The Labute approximate surface area is 83.2 Å². The van der Waals surface area contributed by atoms with Crippen molar-refractivity contribution in [1.29, 1.82) is 0 Å². The molecular weight excluding hydrogens is 180 g/mol. The van der Waals surface area contributed by atoms with Crippen molar-refractivity contribution in [1.82, 2.24) is 0 Å². The molecule has 0 spiro atoms. The predicted octanol–water partition coefficient (Wildman–Crippen LogP) is 2.58. The van der Waals surface area contributed by atoms with Crippen LogP contribution in [0.4, 0.5) is 0 Å². The van der Waals surface area contributed by atoms with Crippen LogP contribution in [0.15, 0.2) is 12.1 Å². The molecule has 0 aromatic heterocycles. The lowest BCUT2D eigenvalue weighted by atomic mass is 9.96. The predicted molar refractivity (Wildman–Crippen MR) is 57.0 cm³/mol. The first-order valence-electron chi connectivity index (χ1n) is 4.54. The quantitative estimate of drug-likeness (QED) is 0.685. The fourth-order valence-electron chi connectivity index (χ4n) is 2.03. The van der Waals surface area contributed by atoms with Crippen LogP contribution in [-0.2, 0) is 5.75 Å². The summed E-state index contributed by atoms with van der Waals surface area (Å²) >= 11 is 1.81. The summed E-state index contributed by atoms with van der Waals surface area (Å²) in [5, 5.41) is 9.81. The maximum absolute atomic E-state index is 9.81. The summed E-state index contributed by atoms with van der Waals surface area (Å²) in [5.41, 5.74) is 5.03. The summed E-state index contributed by atoms with van der Waals surface area (Å²) < 4.78 is 0. The van der Waals surface area contributed by atoms with Gasteiger partial charge in [-0.3, -0.25) is 0 Å². The standard InChI is InChI=1S/C11H14OS/c1-7-3-8(2)11-9(4-7)5-13-6-10(11)12/h3-4,10,12H,5-6H2,1-2H3/t10-/m0/s1. The molecule has 1 heterocycles. The van der Waals surface area contributed by atoms with Crippen molar-refractivity contribution >= 4 is 11.8 Å². The number of aryl methyl sites for hydroxylation is 2. The Balaban J connectivity index is 2.56. The normalized spacial score (nSPS) is 21.3. The molecular formula is C11H14OS. The van der Waals surface area contributed by atoms with E-state index >= 15 is 0 Å². The Morgan fingerprint density at radius 3 is 2.92 bits per heavy atom. The van der Waals surface area contributed by atoms with E-state index in [1.54, 1.807) is 0 Å².